The lowest BCUT2D eigenvalue weighted by molar-refractivity contribution is 0.0936. The molecule has 6 nitrogen and oxygen atoms in total. The van der Waals surface area contributed by atoms with E-state index in [9.17, 15) is 9.90 Å². The summed E-state index contributed by atoms with van der Waals surface area (Å²) in [4.78, 5) is 11.8. The molecule has 3 N–H and O–H groups in total. The highest BCUT2D eigenvalue weighted by atomic mass is 16.5. The molecule has 1 aromatic heterocycles. The number of hydrogen-bond acceptors (Lipinski definition) is 5. The van der Waals surface area contributed by atoms with E-state index < -0.39 is 6.10 Å². The van der Waals surface area contributed by atoms with Crippen molar-refractivity contribution in [2.75, 3.05) is 6.54 Å². The van der Waals surface area contributed by atoms with Gasteiger partial charge in [0, 0.05) is 18.2 Å². The van der Waals surface area contributed by atoms with Crippen LogP contribution in [-0.2, 0) is 0 Å². The van der Waals surface area contributed by atoms with E-state index in [0.717, 1.165) is 0 Å². The van der Waals surface area contributed by atoms with Crippen molar-refractivity contribution in [3.63, 3.8) is 0 Å². The van der Waals surface area contributed by atoms with Crippen molar-refractivity contribution < 1.29 is 19.5 Å². The minimum Gasteiger partial charge on any atom is -0.508 e. The lowest BCUT2D eigenvalue weighted by Gasteiger charge is -2.04. The van der Waals surface area contributed by atoms with Crippen molar-refractivity contribution in [3.05, 3.63) is 36.0 Å². The number of hydrogen-bond donors (Lipinski definition) is 3. The second-order valence-corrected chi connectivity index (χ2v) is 4.52. The minimum absolute atomic E-state index is 0.113. The topological polar surface area (TPSA) is 95.6 Å². The van der Waals surface area contributed by atoms with Crippen LogP contribution in [0.4, 0.5) is 0 Å². The molecule has 20 heavy (non-hydrogen) atoms. The first-order valence-electron chi connectivity index (χ1n) is 6.28. The van der Waals surface area contributed by atoms with Gasteiger partial charge in [-0.2, -0.15) is 0 Å². The van der Waals surface area contributed by atoms with Gasteiger partial charge in [-0.3, -0.25) is 4.79 Å². The Hall–Kier alpha value is -2.34. The third-order valence-corrected chi connectivity index (χ3v) is 2.72. The van der Waals surface area contributed by atoms with Crippen LogP contribution in [0.5, 0.6) is 5.75 Å². The second kappa shape index (κ2) is 6.21. The number of nitrogens with one attached hydrogen (secondary N) is 1. The molecule has 0 aliphatic carbocycles. The number of amides is 1. The molecular formula is C14H16N2O4. The molecule has 2 aromatic rings. The molecule has 0 unspecified atom stereocenters. The van der Waals surface area contributed by atoms with Crippen LogP contribution in [0.15, 0.2) is 34.9 Å². The van der Waals surface area contributed by atoms with Crippen LogP contribution in [0, 0.1) is 0 Å². The zero-order valence-electron chi connectivity index (χ0n) is 11.0. The average Bonchev–Trinajstić information content (AvgIpc) is 2.87. The van der Waals surface area contributed by atoms with Crippen molar-refractivity contribution in [2.24, 2.45) is 0 Å². The number of aromatic hydroxyl groups is 1. The maximum absolute atomic E-state index is 11.8. The standard InChI is InChI=1S/C14H16N2O4/c1-9(17)5-6-15-14(19)12-8-13(20-16-12)10-3-2-4-11(18)7-10/h2-4,7-9,17-18H,5-6H2,1H3,(H,15,19)/t9-/m0/s1. The van der Waals surface area contributed by atoms with Gasteiger partial charge in [0.05, 0.1) is 6.10 Å². The second-order valence-electron chi connectivity index (χ2n) is 4.52. The molecule has 0 bridgehead atoms. The highest BCUT2D eigenvalue weighted by molar-refractivity contribution is 5.93. The summed E-state index contributed by atoms with van der Waals surface area (Å²) < 4.78 is 5.08. The molecule has 0 spiro atoms. The van der Waals surface area contributed by atoms with E-state index in [1.165, 1.54) is 12.1 Å². The van der Waals surface area contributed by atoms with Gasteiger partial charge in [0.15, 0.2) is 11.5 Å². The van der Waals surface area contributed by atoms with Crippen LogP contribution in [0.25, 0.3) is 11.3 Å². The predicted octanol–water partition coefficient (Wildman–Crippen LogP) is 1.55. The van der Waals surface area contributed by atoms with Crippen LogP contribution in [0.2, 0.25) is 0 Å². The summed E-state index contributed by atoms with van der Waals surface area (Å²) in [6, 6.07) is 8.00. The molecule has 2 rings (SSSR count). The van der Waals surface area contributed by atoms with Gasteiger partial charge in [-0.25, -0.2) is 0 Å². The van der Waals surface area contributed by atoms with Gasteiger partial charge in [-0.15, -0.1) is 0 Å². The van der Waals surface area contributed by atoms with Crippen molar-refractivity contribution in [1.82, 2.24) is 10.5 Å². The van der Waals surface area contributed by atoms with E-state index in [0.29, 0.717) is 24.3 Å². The number of aliphatic hydroxyl groups is 1. The first kappa shape index (κ1) is 14.1. The van der Waals surface area contributed by atoms with Crippen LogP contribution in [0.1, 0.15) is 23.8 Å². The van der Waals surface area contributed by atoms with Gasteiger partial charge < -0.3 is 20.1 Å². The fourth-order valence-corrected chi connectivity index (χ4v) is 1.66. The Labute approximate surface area is 116 Å². The summed E-state index contributed by atoms with van der Waals surface area (Å²) in [6.45, 7) is 2.02. The smallest absolute Gasteiger partial charge is 0.273 e. The van der Waals surface area contributed by atoms with E-state index in [1.54, 1.807) is 25.1 Å². The third-order valence-electron chi connectivity index (χ3n) is 2.72. The van der Waals surface area contributed by atoms with Crippen molar-refractivity contribution in [2.45, 2.75) is 19.4 Å². The Morgan fingerprint density at radius 1 is 1.45 bits per heavy atom. The molecular weight excluding hydrogens is 260 g/mol. The number of phenolic OH excluding ortho intramolecular Hbond substituents is 1. The molecule has 0 aliphatic rings. The fraction of sp³-hybridized carbons (Fsp3) is 0.286. The Bertz CT molecular complexity index is 592. The van der Waals surface area contributed by atoms with E-state index in [4.69, 9.17) is 9.63 Å². The minimum atomic E-state index is -0.463. The van der Waals surface area contributed by atoms with Crippen molar-refractivity contribution in [1.29, 1.82) is 0 Å². The monoisotopic (exact) mass is 276 g/mol. The number of carbonyl (C=O) groups excluding carboxylic acids is 1. The first-order chi connectivity index (χ1) is 9.56. The normalized spacial score (nSPS) is 12.1. The number of nitrogens with zero attached hydrogens (tertiary/aromatic N) is 1. The van der Waals surface area contributed by atoms with Crippen LogP contribution in [-0.4, -0.2) is 33.9 Å². The summed E-state index contributed by atoms with van der Waals surface area (Å²) >= 11 is 0. The largest absolute Gasteiger partial charge is 0.508 e. The van der Waals surface area contributed by atoms with Gasteiger partial charge in [-0.05, 0) is 25.5 Å². The van der Waals surface area contributed by atoms with E-state index in [1.807, 2.05) is 0 Å². The molecule has 106 valence electrons. The highest BCUT2D eigenvalue weighted by Crippen LogP contribution is 2.23. The van der Waals surface area contributed by atoms with E-state index in [2.05, 4.69) is 10.5 Å². The molecule has 0 radical (unpaired) electrons. The third kappa shape index (κ3) is 3.58. The van der Waals surface area contributed by atoms with Crippen LogP contribution >= 0.6 is 0 Å². The molecule has 1 heterocycles. The van der Waals surface area contributed by atoms with Gasteiger partial charge in [0.1, 0.15) is 5.75 Å². The van der Waals surface area contributed by atoms with E-state index >= 15 is 0 Å². The lowest BCUT2D eigenvalue weighted by atomic mass is 10.1. The SMILES string of the molecule is C[C@H](O)CCNC(=O)c1cc(-c2cccc(O)c2)on1. The van der Waals surface area contributed by atoms with Crippen LogP contribution < -0.4 is 5.32 Å². The Balaban J connectivity index is 2.03. The maximum Gasteiger partial charge on any atom is 0.273 e. The Kier molecular flexibility index (Phi) is 4.37. The molecule has 1 atom stereocenters. The molecule has 1 aromatic carbocycles. The average molecular weight is 276 g/mol. The molecule has 6 heteroatoms. The summed E-state index contributed by atoms with van der Waals surface area (Å²) in [7, 11) is 0. The molecule has 0 aliphatic heterocycles. The van der Waals surface area contributed by atoms with Gasteiger partial charge >= 0.3 is 0 Å². The number of rotatable bonds is 5. The predicted molar refractivity (Wildman–Crippen MR) is 72.2 cm³/mol. The molecule has 0 saturated carbocycles. The number of phenols is 1. The Morgan fingerprint density at radius 2 is 2.25 bits per heavy atom. The Morgan fingerprint density at radius 3 is 2.95 bits per heavy atom. The van der Waals surface area contributed by atoms with Gasteiger partial charge in [0.2, 0.25) is 0 Å². The van der Waals surface area contributed by atoms with Crippen molar-refractivity contribution >= 4 is 5.91 Å². The zero-order chi connectivity index (χ0) is 14.5. The summed E-state index contributed by atoms with van der Waals surface area (Å²) in [6.07, 6.45) is 0.0127. The summed E-state index contributed by atoms with van der Waals surface area (Å²) in [5, 5.41) is 24.8. The fourth-order valence-electron chi connectivity index (χ4n) is 1.66. The maximum atomic E-state index is 11.8. The number of aliphatic hydroxyl groups excluding tert-OH is 1. The quantitative estimate of drug-likeness (QED) is 0.770. The van der Waals surface area contributed by atoms with E-state index in [-0.39, 0.29) is 17.4 Å². The van der Waals surface area contributed by atoms with Gasteiger partial charge in [0.25, 0.3) is 5.91 Å². The van der Waals surface area contributed by atoms with Crippen molar-refractivity contribution in [3.8, 4) is 17.1 Å². The highest BCUT2D eigenvalue weighted by Gasteiger charge is 2.13. The lowest BCUT2D eigenvalue weighted by Crippen LogP contribution is -2.26. The first-order valence-corrected chi connectivity index (χ1v) is 6.28. The molecule has 0 fully saturated rings. The summed E-state index contributed by atoms with van der Waals surface area (Å²) in [5.74, 6) is 0.157. The van der Waals surface area contributed by atoms with Gasteiger partial charge in [-0.1, -0.05) is 17.3 Å². The summed E-state index contributed by atoms with van der Waals surface area (Å²) in [5.41, 5.74) is 0.800. The molecule has 0 saturated heterocycles. The molecule has 1 amide bonds. The van der Waals surface area contributed by atoms with Crippen LogP contribution in [0.3, 0.4) is 0 Å². The number of aromatic nitrogens is 1. The zero-order valence-corrected chi connectivity index (χ0v) is 11.0. The number of benzene rings is 1. The number of carbonyl (C=O) groups is 1.